The van der Waals surface area contributed by atoms with Crippen LogP contribution in [0.15, 0.2) is 54.2 Å². The minimum Gasteiger partial charge on any atom is -0.507 e. The highest BCUT2D eigenvalue weighted by Crippen LogP contribution is 2.42. The summed E-state index contributed by atoms with van der Waals surface area (Å²) in [7, 11) is 4.63. The van der Waals surface area contributed by atoms with Crippen LogP contribution < -0.4 is 9.47 Å². The molecule has 8 nitrogen and oxygen atoms in total. The van der Waals surface area contributed by atoms with Crippen molar-refractivity contribution in [1.82, 2.24) is 9.88 Å². The van der Waals surface area contributed by atoms with Crippen LogP contribution in [0.4, 0.5) is 0 Å². The quantitative estimate of drug-likeness (QED) is 0.235. The van der Waals surface area contributed by atoms with Crippen LogP contribution in [0.25, 0.3) is 16.7 Å². The van der Waals surface area contributed by atoms with Gasteiger partial charge in [-0.2, -0.15) is 0 Å². The number of Topliss-reactive ketones (excluding diaryl/α,β-unsaturated/α-hetero) is 1. The molecule has 8 heteroatoms. The SMILES string of the molecule is COCCCN1C(=O)C(=O)/C(=C(\O)c2c[nH]c3ccccc23)C1c1ccc(OC)c(OC)c1. The number of nitrogens with zero attached hydrogens (tertiary/aromatic N) is 1. The number of hydrogen-bond donors (Lipinski definition) is 2. The molecule has 1 fully saturated rings. The fraction of sp³-hybridized carbons (Fsp3) is 0.280. The van der Waals surface area contributed by atoms with Gasteiger partial charge in [0.2, 0.25) is 0 Å². The fourth-order valence-corrected chi connectivity index (χ4v) is 4.27. The molecule has 4 rings (SSSR count). The van der Waals surface area contributed by atoms with Gasteiger partial charge in [0.05, 0.1) is 25.8 Å². The highest BCUT2D eigenvalue weighted by atomic mass is 16.5. The van der Waals surface area contributed by atoms with Crippen LogP contribution in [0.5, 0.6) is 11.5 Å². The standard InChI is InChI=1S/C25H26N2O6/c1-31-12-6-11-27-22(15-9-10-19(32-2)20(13-15)33-3)21(24(29)25(27)30)23(28)17-14-26-18-8-5-4-7-16(17)18/h4-5,7-10,13-14,22,26,28H,6,11-12H2,1-3H3/b23-21-. The number of methoxy groups -OCH3 is 3. The number of aromatic amines is 1. The minimum atomic E-state index is -0.782. The predicted molar refractivity (Wildman–Crippen MR) is 123 cm³/mol. The Morgan fingerprint density at radius 3 is 2.55 bits per heavy atom. The van der Waals surface area contributed by atoms with Crippen molar-refractivity contribution in [2.24, 2.45) is 0 Å². The van der Waals surface area contributed by atoms with Crippen molar-refractivity contribution < 1.29 is 28.9 Å². The molecule has 1 unspecified atom stereocenters. The van der Waals surface area contributed by atoms with E-state index in [-0.39, 0.29) is 11.3 Å². The van der Waals surface area contributed by atoms with E-state index in [1.807, 2.05) is 24.3 Å². The van der Waals surface area contributed by atoms with Gasteiger partial charge in [-0.15, -0.1) is 0 Å². The summed E-state index contributed by atoms with van der Waals surface area (Å²) in [6.45, 7) is 0.728. The third-order valence-electron chi connectivity index (χ3n) is 5.86. The van der Waals surface area contributed by atoms with Crippen LogP contribution in [0.1, 0.15) is 23.6 Å². The number of likely N-dealkylation sites (tertiary alicyclic amines) is 1. The molecule has 172 valence electrons. The van der Waals surface area contributed by atoms with E-state index in [1.54, 1.807) is 31.5 Å². The second kappa shape index (κ2) is 9.38. The largest absolute Gasteiger partial charge is 0.507 e. The van der Waals surface area contributed by atoms with E-state index in [0.29, 0.717) is 42.2 Å². The van der Waals surface area contributed by atoms with Gasteiger partial charge < -0.3 is 29.2 Å². The number of ether oxygens (including phenoxy) is 3. The van der Waals surface area contributed by atoms with E-state index < -0.39 is 17.7 Å². The lowest BCUT2D eigenvalue weighted by Gasteiger charge is -2.25. The summed E-state index contributed by atoms with van der Waals surface area (Å²) in [4.78, 5) is 30.8. The number of aliphatic hydroxyl groups is 1. The topological polar surface area (TPSA) is 101 Å². The molecule has 1 aliphatic rings. The Morgan fingerprint density at radius 2 is 1.82 bits per heavy atom. The summed E-state index contributed by atoms with van der Waals surface area (Å²) >= 11 is 0. The van der Waals surface area contributed by atoms with E-state index >= 15 is 0 Å². The summed E-state index contributed by atoms with van der Waals surface area (Å²) in [6, 6.07) is 11.9. The molecule has 1 atom stereocenters. The summed E-state index contributed by atoms with van der Waals surface area (Å²) in [5.41, 5.74) is 1.95. The zero-order valence-electron chi connectivity index (χ0n) is 18.8. The van der Waals surface area contributed by atoms with Crippen molar-refractivity contribution in [3.05, 3.63) is 65.4 Å². The molecule has 0 bridgehead atoms. The van der Waals surface area contributed by atoms with Gasteiger partial charge in [0.25, 0.3) is 11.7 Å². The van der Waals surface area contributed by atoms with Crippen LogP contribution in [0.2, 0.25) is 0 Å². The zero-order valence-corrected chi connectivity index (χ0v) is 18.8. The van der Waals surface area contributed by atoms with Crippen molar-refractivity contribution in [3.8, 4) is 11.5 Å². The normalized spacial score (nSPS) is 17.7. The van der Waals surface area contributed by atoms with Crippen molar-refractivity contribution in [3.63, 3.8) is 0 Å². The Morgan fingerprint density at radius 1 is 1.06 bits per heavy atom. The monoisotopic (exact) mass is 450 g/mol. The Kier molecular flexibility index (Phi) is 6.37. The Hall–Kier alpha value is -3.78. The number of nitrogens with one attached hydrogen (secondary N) is 1. The summed E-state index contributed by atoms with van der Waals surface area (Å²) in [6.07, 6.45) is 2.18. The van der Waals surface area contributed by atoms with Gasteiger partial charge in [-0.1, -0.05) is 24.3 Å². The lowest BCUT2D eigenvalue weighted by molar-refractivity contribution is -0.140. The van der Waals surface area contributed by atoms with E-state index in [1.165, 1.54) is 19.1 Å². The smallest absolute Gasteiger partial charge is 0.295 e. The first-order valence-corrected chi connectivity index (χ1v) is 10.6. The molecule has 1 aliphatic heterocycles. The van der Waals surface area contributed by atoms with Gasteiger partial charge in [-0.25, -0.2) is 0 Å². The maximum absolute atomic E-state index is 13.2. The van der Waals surface area contributed by atoms with Crippen LogP contribution in [-0.2, 0) is 14.3 Å². The molecule has 0 spiro atoms. The molecule has 1 saturated heterocycles. The summed E-state index contributed by atoms with van der Waals surface area (Å²) in [5, 5.41) is 12.1. The maximum atomic E-state index is 13.2. The number of H-pyrrole nitrogens is 1. The van der Waals surface area contributed by atoms with E-state index in [2.05, 4.69) is 4.98 Å². The first-order valence-electron chi connectivity index (χ1n) is 10.6. The predicted octanol–water partition coefficient (Wildman–Crippen LogP) is 3.64. The van der Waals surface area contributed by atoms with Crippen LogP contribution in [0.3, 0.4) is 0 Å². The minimum absolute atomic E-state index is 0.0365. The van der Waals surface area contributed by atoms with E-state index in [0.717, 1.165) is 10.9 Å². The van der Waals surface area contributed by atoms with Crippen LogP contribution in [0, 0.1) is 0 Å². The van der Waals surface area contributed by atoms with Crippen molar-refractivity contribution in [1.29, 1.82) is 0 Å². The average Bonchev–Trinajstić information content (AvgIpc) is 3.38. The number of para-hydroxylation sites is 1. The highest BCUT2D eigenvalue weighted by Gasteiger charge is 2.46. The number of hydrogen-bond acceptors (Lipinski definition) is 6. The van der Waals surface area contributed by atoms with Crippen molar-refractivity contribution >= 4 is 28.4 Å². The number of aliphatic hydroxyl groups excluding tert-OH is 1. The van der Waals surface area contributed by atoms with E-state index in [4.69, 9.17) is 14.2 Å². The number of amides is 1. The van der Waals surface area contributed by atoms with Gasteiger partial charge in [-0.05, 0) is 30.2 Å². The Balaban J connectivity index is 1.89. The number of aromatic nitrogens is 1. The highest BCUT2D eigenvalue weighted by molar-refractivity contribution is 6.46. The summed E-state index contributed by atoms with van der Waals surface area (Å²) in [5.74, 6) is -0.624. The first kappa shape index (κ1) is 22.4. The molecule has 1 amide bonds. The average molecular weight is 450 g/mol. The van der Waals surface area contributed by atoms with Crippen molar-refractivity contribution in [2.45, 2.75) is 12.5 Å². The fourth-order valence-electron chi connectivity index (χ4n) is 4.27. The summed E-state index contributed by atoms with van der Waals surface area (Å²) < 4.78 is 15.9. The number of benzene rings is 2. The van der Waals surface area contributed by atoms with Crippen LogP contribution in [-0.4, -0.2) is 61.2 Å². The number of fused-ring (bicyclic) bond motifs is 1. The Labute approximate surface area is 191 Å². The third-order valence-corrected chi connectivity index (χ3v) is 5.86. The third kappa shape index (κ3) is 3.93. The van der Waals surface area contributed by atoms with Crippen LogP contribution >= 0.6 is 0 Å². The van der Waals surface area contributed by atoms with Crippen molar-refractivity contribution in [2.75, 3.05) is 34.5 Å². The molecule has 2 aromatic carbocycles. The molecule has 3 aromatic rings. The number of carbonyl (C=O) groups excluding carboxylic acids is 2. The van der Waals surface area contributed by atoms with Gasteiger partial charge in [0.1, 0.15) is 5.76 Å². The van der Waals surface area contributed by atoms with Gasteiger partial charge in [-0.3, -0.25) is 9.59 Å². The van der Waals surface area contributed by atoms with Gasteiger partial charge >= 0.3 is 0 Å². The molecule has 2 heterocycles. The first-order chi connectivity index (χ1) is 16.0. The molecule has 0 saturated carbocycles. The molecular formula is C25H26N2O6. The number of carbonyl (C=O) groups is 2. The zero-order chi connectivity index (χ0) is 23.5. The maximum Gasteiger partial charge on any atom is 0.295 e. The lowest BCUT2D eigenvalue weighted by Crippen LogP contribution is -2.31. The molecule has 1 aromatic heterocycles. The second-order valence-electron chi connectivity index (χ2n) is 7.70. The molecule has 2 N–H and O–H groups in total. The van der Waals surface area contributed by atoms with E-state index in [9.17, 15) is 14.7 Å². The second-order valence-corrected chi connectivity index (χ2v) is 7.70. The number of ketones is 1. The molecule has 0 aliphatic carbocycles. The van der Waals surface area contributed by atoms with Gasteiger partial charge in [0.15, 0.2) is 11.5 Å². The lowest BCUT2D eigenvalue weighted by atomic mass is 9.94. The number of rotatable bonds is 8. The molecule has 33 heavy (non-hydrogen) atoms. The molecule has 0 radical (unpaired) electrons. The Bertz CT molecular complexity index is 1230. The van der Waals surface area contributed by atoms with Gasteiger partial charge in [0, 0.05) is 42.9 Å². The molecular weight excluding hydrogens is 424 g/mol.